The summed E-state index contributed by atoms with van der Waals surface area (Å²) in [6, 6.07) is 10.3. The van der Waals surface area contributed by atoms with Gasteiger partial charge in [-0.15, -0.1) is 15.3 Å². The Morgan fingerprint density at radius 2 is 1.84 bits per heavy atom. The number of nitrogens with zero attached hydrogens (tertiary/aromatic N) is 5. The molecule has 1 saturated heterocycles. The van der Waals surface area contributed by atoms with Crippen molar-refractivity contribution in [2.24, 2.45) is 0 Å². The van der Waals surface area contributed by atoms with Gasteiger partial charge in [-0.1, -0.05) is 35.4 Å². The van der Waals surface area contributed by atoms with Crippen LogP contribution in [0.3, 0.4) is 0 Å². The summed E-state index contributed by atoms with van der Waals surface area (Å²) in [4.78, 5) is 2.41. The maximum Gasteiger partial charge on any atom is 0.185 e. The lowest BCUT2D eigenvalue weighted by molar-refractivity contribution is 0.634. The molecule has 4 heterocycles. The molecule has 2 bridgehead atoms. The van der Waals surface area contributed by atoms with Crippen LogP contribution >= 0.6 is 23.2 Å². The Kier molecular flexibility index (Phi) is 3.47. The van der Waals surface area contributed by atoms with Crippen molar-refractivity contribution < 1.29 is 0 Å². The summed E-state index contributed by atoms with van der Waals surface area (Å²) in [5.41, 5.74) is 1.51. The maximum absolute atomic E-state index is 6.14. The van der Waals surface area contributed by atoms with E-state index in [4.69, 9.17) is 28.3 Å². The molecule has 5 rings (SSSR count). The van der Waals surface area contributed by atoms with Crippen LogP contribution in [0.5, 0.6) is 0 Å². The number of hydrogen-bond donors (Lipinski definition) is 0. The Bertz CT molecular complexity index is 976. The summed E-state index contributed by atoms with van der Waals surface area (Å²) in [7, 11) is 0. The summed E-state index contributed by atoms with van der Waals surface area (Å²) in [5, 5.41) is 14.5. The monoisotopic (exact) mass is 371 g/mol. The van der Waals surface area contributed by atoms with Crippen molar-refractivity contribution in [3.8, 4) is 11.4 Å². The van der Waals surface area contributed by atoms with E-state index in [1.807, 2.05) is 24.3 Å². The van der Waals surface area contributed by atoms with Gasteiger partial charge in [-0.3, -0.25) is 0 Å². The quantitative estimate of drug-likeness (QED) is 0.626. The lowest BCUT2D eigenvalue weighted by Crippen LogP contribution is -2.38. The molecule has 1 aromatic carbocycles. The summed E-state index contributed by atoms with van der Waals surface area (Å²) in [6.07, 6.45) is 8.04. The zero-order valence-corrected chi connectivity index (χ0v) is 14.8. The molecular formula is C18H15Cl2N5. The zero-order valence-electron chi connectivity index (χ0n) is 13.3. The molecule has 0 amide bonds. The van der Waals surface area contributed by atoms with Gasteiger partial charge in [0.25, 0.3) is 0 Å². The van der Waals surface area contributed by atoms with Gasteiger partial charge in [0.1, 0.15) is 0 Å². The molecule has 1 fully saturated rings. The minimum atomic E-state index is 0.434. The van der Waals surface area contributed by atoms with Gasteiger partial charge in [0, 0.05) is 27.7 Å². The molecule has 2 aliphatic heterocycles. The molecule has 0 saturated carbocycles. The fourth-order valence-corrected chi connectivity index (χ4v) is 4.39. The Balaban J connectivity index is 1.64. The van der Waals surface area contributed by atoms with Crippen molar-refractivity contribution in [3.05, 3.63) is 52.5 Å². The van der Waals surface area contributed by atoms with Crippen LogP contribution in [-0.2, 0) is 0 Å². The van der Waals surface area contributed by atoms with E-state index in [0.29, 0.717) is 33.6 Å². The normalized spacial score (nSPS) is 22.1. The van der Waals surface area contributed by atoms with Gasteiger partial charge in [0.2, 0.25) is 0 Å². The molecular weight excluding hydrogens is 357 g/mol. The fraction of sp³-hybridized carbons (Fsp3) is 0.278. The van der Waals surface area contributed by atoms with Crippen molar-refractivity contribution in [1.29, 1.82) is 0 Å². The first-order chi connectivity index (χ1) is 12.2. The lowest BCUT2D eigenvalue weighted by atomic mass is 10.1. The number of hydrogen-bond acceptors (Lipinski definition) is 4. The highest BCUT2D eigenvalue weighted by Gasteiger charge is 2.34. The third-order valence-electron chi connectivity index (χ3n) is 4.95. The fourth-order valence-electron chi connectivity index (χ4n) is 3.86. The molecule has 2 aliphatic rings. The van der Waals surface area contributed by atoms with Gasteiger partial charge >= 0.3 is 0 Å². The summed E-state index contributed by atoms with van der Waals surface area (Å²) >= 11 is 12.3. The van der Waals surface area contributed by atoms with E-state index in [0.717, 1.165) is 17.8 Å². The van der Waals surface area contributed by atoms with Crippen LogP contribution in [0.15, 0.2) is 42.5 Å². The van der Waals surface area contributed by atoms with Gasteiger partial charge in [0.15, 0.2) is 17.3 Å². The first-order valence-corrected chi connectivity index (χ1v) is 9.08. The second-order valence-electron chi connectivity index (χ2n) is 6.51. The first-order valence-electron chi connectivity index (χ1n) is 8.33. The van der Waals surface area contributed by atoms with Gasteiger partial charge in [-0.2, -0.15) is 4.52 Å². The predicted molar refractivity (Wildman–Crippen MR) is 99.3 cm³/mol. The summed E-state index contributed by atoms with van der Waals surface area (Å²) in [6.45, 7) is 0. The van der Waals surface area contributed by atoms with Gasteiger partial charge < -0.3 is 4.90 Å². The van der Waals surface area contributed by atoms with E-state index < -0.39 is 0 Å². The molecule has 5 nitrogen and oxygen atoms in total. The largest absolute Gasteiger partial charge is 0.345 e. The first kappa shape index (κ1) is 15.2. The average molecular weight is 372 g/mol. The molecule has 0 aliphatic carbocycles. The molecule has 0 radical (unpaired) electrons. The van der Waals surface area contributed by atoms with Crippen LogP contribution in [0.25, 0.3) is 17.0 Å². The van der Waals surface area contributed by atoms with Crippen LogP contribution < -0.4 is 4.90 Å². The smallest absolute Gasteiger partial charge is 0.185 e. The van der Waals surface area contributed by atoms with Gasteiger partial charge in [-0.05, 0) is 49.6 Å². The number of anilines is 1. The van der Waals surface area contributed by atoms with E-state index >= 15 is 0 Å². The van der Waals surface area contributed by atoms with E-state index in [1.165, 1.54) is 12.8 Å². The second kappa shape index (κ2) is 5.71. The standard InChI is InChI=1S/C18H15Cl2N5/c19-12-8-11(9-13(20)10-12)18-22-21-16-6-7-17(23-25(16)18)24-14-2-1-3-15(24)5-4-14/h1-2,6-10,14-15H,3-5H2/t14-,15-/m0/s1. The van der Waals surface area contributed by atoms with Crippen LogP contribution in [0.2, 0.25) is 10.0 Å². The van der Waals surface area contributed by atoms with Crippen LogP contribution in [0, 0.1) is 0 Å². The lowest BCUT2D eigenvalue weighted by Gasteiger charge is -2.32. The van der Waals surface area contributed by atoms with Gasteiger partial charge in [0.05, 0.1) is 0 Å². The Morgan fingerprint density at radius 1 is 1.00 bits per heavy atom. The van der Waals surface area contributed by atoms with E-state index in [2.05, 4.69) is 27.2 Å². The molecule has 2 atom stereocenters. The minimum absolute atomic E-state index is 0.434. The Labute approximate surface area is 154 Å². The number of benzene rings is 1. The van der Waals surface area contributed by atoms with Crippen molar-refractivity contribution in [3.63, 3.8) is 0 Å². The second-order valence-corrected chi connectivity index (χ2v) is 7.39. The number of fused-ring (bicyclic) bond motifs is 3. The van der Waals surface area contributed by atoms with Crippen molar-refractivity contribution in [2.75, 3.05) is 4.90 Å². The highest BCUT2D eigenvalue weighted by atomic mass is 35.5. The van der Waals surface area contributed by atoms with Crippen molar-refractivity contribution in [1.82, 2.24) is 19.8 Å². The number of rotatable bonds is 2. The molecule has 126 valence electrons. The van der Waals surface area contributed by atoms with E-state index in [9.17, 15) is 0 Å². The Hall–Kier alpha value is -2.11. The van der Waals surface area contributed by atoms with E-state index in [-0.39, 0.29) is 0 Å². The van der Waals surface area contributed by atoms with Gasteiger partial charge in [-0.25, -0.2) is 0 Å². The van der Waals surface area contributed by atoms with Crippen molar-refractivity contribution >= 4 is 34.7 Å². The third-order valence-corrected chi connectivity index (χ3v) is 5.38. The third kappa shape index (κ3) is 2.50. The molecule has 3 aromatic rings. The van der Waals surface area contributed by atoms with Crippen LogP contribution in [0.1, 0.15) is 19.3 Å². The van der Waals surface area contributed by atoms with Crippen LogP contribution in [-0.4, -0.2) is 31.9 Å². The highest BCUT2D eigenvalue weighted by molar-refractivity contribution is 6.35. The molecule has 0 N–H and O–H groups in total. The SMILES string of the molecule is Clc1cc(Cl)cc(-c2nnc3ccc(N4[C@H]5CC=C[C@H]4CC5)nn23)c1. The predicted octanol–water partition coefficient (Wildman–Crippen LogP) is 4.40. The summed E-state index contributed by atoms with van der Waals surface area (Å²) in [5.74, 6) is 1.60. The molecule has 0 spiro atoms. The average Bonchev–Trinajstić information content (AvgIpc) is 3.11. The van der Waals surface area contributed by atoms with Crippen LogP contribution in [0.4, 0.5) is 5.82 Å². The maximum atomic E-state index is 6.14. The highest BCUT2D eigenvalue weighted by Crippen LogP contribution is 2.35. The molecule has 25 heavy (non-hydrogen) atoms. The van der Waals surface area contributed by atoms with Crippen molar-refractivity contribution in [2.45, 2.75) is 31.3 Å². The minimum Gasteiger partial charge on any atom is -0.345 e. The molecule has 0 unspecified atom stereocenters. The topological polar surface area (TPSA) is 46.3 Å². The Morgan fingerprint density at radius 3 is 2.64 bits per heavy atom. The number of aromatic nitrogens is 4. The van der Waals surface area contributed by atoms with E-state index in [1.54, 1.807) is 10.6 Å². The molecule has 7 heteroatoms. The summed E-state index contributed by atoms with van der Waals surface area (Å²) < 4.78 is 1.77. The molecule has 2 aromatic heterocycles. The number of halogens is 2. The zero-order chi connectivity index (χ0) is 17.0.